The summed E-state index contributed by atoms with van der Waals surface area (Å²) < 4.78 is 41.5. The fourth-order valence-corrected chi connectivity index (χ4v) is 2.12. The molecule has 0 spiro atoms. The Kier molecular flexibility index (Phi) is 4.32. The molecule has 0 saturated carbocycles. The van der Waals surface area contributed by atoms with Gasteiger partial charge in [-0.05, 0) is 31.0 Å². The maximum atomic E-state index is 14.0. The lowest BCUT2D eigenvalue weighted by molar-refractivity contribution is 0.563. The van der Waals surface area contributed by atoms with E-state index in [0.717, 1.165) is 0 Å². The Morgan fingerprint density at radius 3 is 2.35 bits per heavy atom. The molecule has 0 radical (unpaired) electrons. The number of nitrogens with one attached hydrogen (secondary N) is 1. The molecule has 1 nitrogen and oxygen atoms in total. The van der Waals surface area contributed by atoms with Gasteiger partial charge in [0, 0.05) is 5.56 Å². The van der Waals surface area contributed by atoms with Gasteiger partial charge in [0.15, 0.2) is 5.82 Å². The van der Waals surface area contributed by atoms with Crippen molar-refractivity contribution in [2.24, 2.45) is 0 Å². The molecular formula is C16H16F3N. The fraction of sp³-hybridized carbons (Fsp3) is 0.250. The number of hydrogen-bond donors (Lipinski definition) is 1. The van der Waals surface area contributed by atoms with Crippen molar-refractivity contribution in [3.8, 4) is 0 Å². The molecular weight excluding hydrogens is 263 g/mol. The predicted octanol–water partition coefficient (Wildman–Crippen LogP) is 4.98. The second kappa shape index (κ2) is 5.99. The highest BCUT2D eigenvalue weighted by molar-refractivity contribution is 5.50. The second-order valence-electron chi connectivity index (χ2n) is 4.68. The summed E-state index contributed by atoms with van der Waals surface area (Å²) in [6, 6.07) is 8.33. The maximum Gasteiger partial charge on any atom is 0.152 e. The zero-order valence-corrected chi connectivity index (χ0v) is 11.4. The van der Waals surface area contributed by atoms with Crippen LogP contribution in [-0.2, 0) is 0 Å². The van der Waals surface area contributed by atoms with Crippen LogP contribution in [0.3, 0.4) is 0 Å². The van der Waals surface area contributed by atoms with E-state index in [9.17, 15) is 13.2 Å². The molecule has 0 aliphatic carbocycles. The van der Waals surface area contributed by atoms with Crippen molar-refractivity contribution in [1.29, 1.82) is 0 Å². The SMILES string of the molecule is CCC(Nc1c(F)ccc(C)c1F)c1ccccc1F. The molecule has 0 fully saturated rings. The molecule has 0 heterocycles. The molecule has 1 atom stereocenters. The first-order valence-electron chi connectivity index (χ1n) is 6.50. The van der Waals surface area contributed by atoms with Crippen LogP contribution in [0.2, 0.25) is 0 Å². The molecule has 0 aliphatic rings. The molecule has 106 valence electrons. The van der Waals surface area contributed by atoms with E-state index in [1.165, 1.54) is 18.2 Å². The summed E-state index contributed by atoms with van der Waals surface area (Å²) in [7, 11) is 0. The zero-order chi connectivity index (χ0) is 14.7. The van der Waals surface area contributed by atoms with E-state index in [4.69, 9.17) is 0 Å². The number of anilines is 1. The lowest BCUT2D eigenvalue weighted by atomic mass is 10.0. The molecule has 2 aromatic carbocycles. The van der Waals surface area contributed by atoms with Crippen LogP contribution in [0.5, 0.6) is 0 Å². The van der Waals surface area contributed by atoms with Gasteiger partial charge in [0.2, 0.25) is 0 Å². The lowest BCUT2D eigenvalue weighted by Crippen LogP contribution is -2.14. The van der Waals surface area contributed by atoms with Gasteiger partial charge in [0.25, 0.3) is 0 Å². The van der Waals surface area contributed by atoms with Crippen molar-refractivity contribution < 1.29 is 13.2 Å². The molecule has 4 heteroatoms. The molecule has 0 aliphatic heterocycles. The van der Waals surface area contributed by atoms with Crippen molar-refractivity contribution >= 4 is 5.69 Å². The van der Waals surface area contributed by atoms with Crippen molar-refractivity contribution in [3.05, 3.63) is 65.0 Å². The Labute approximate surface area is 116 Å². The Balaban J connectivity index is 2.37. The van der Waals surface area contributed by atoms with Gasteiger partial charge < -0.3 is 5.32 Å². The lowest BCUT2D eigenvalue weighted by Gasteiger charge is -2.20. The van der Waals surface area contributed by atoms with Crippen LogP contribution in [0.1, 0.15) is 30.5 Å². The van der Waals surface area contributed by atoms with Gasteiger partial charge >= 0.3 is 0 Å². The third-order valence-corrected chi connectivity index (χ3v) is 3.29. The van der Waals surface area contributed by atoms with Crippen LogP contribution < -0.4 is 5.32 Å². The Bertz CT molecular complexity index is 611. The van der Waals surface area contributed by atoms with Crippen molar-refractivity contribution in [3.63, 3.8) is 0 Å². The summed E-state index contributed by atoms with van der Waals surface area (Å²) in [6.07, 6.45) is 0.508. The number of hydrogen-bond acceptors (Lipinski definition) is 1. The molecule has 1 N–H and O–H groups in total. The molecule has 0 aromatic heterocycles. The number of benzene rings is 2. The minimum absolute atomic E-state index is 0.208. The van der Waals surface area contributed by atoms with Gasteiger partial charge in [-0.1, -0.05) is 31.2 Å². The molecule has 0 bridgehead atoms. The average Bonchev–Trinajstić information content (AvgIpc) is 2.45. The summed E-state index contributed by atoms with van der Waals surface area (Å²) in [4.78, 5) is 0. The summed E-state index contributed by atoms with van der Waals surface area (Å²) in [5.74, 6) is -1.71. The minimum Gasteiger partial charge on any atom is -0.373 e. The fourth-order valence-electron chi connectivity index (χ4n) is 2.12. The smallest absolute Gasteiger partial charge is 0.152 e. The summed E-state index contributed by atoms with van der Waals surface area (Å²) in [6.45, 7) is 3.39. The highest BCUT2D eigenvalue weighted by atomic mass is 19.1. The van der Waals surface area contributed by atoms with E-state index >= 15 is 0 Å². The standard InChI is InChI=1S/C16H16F3N/c1-3-14(11-6-4-5-7-12(11)17)20-16-13(18)9-8-10(2)15(16)19/h4-9,14,20H,3H2,1-2H3. The van der Waals surface area contributed by atoms with Gasteiger partial charge in [0.05, 0.1) is 6.04 Å². The highest BCUT2D eigenvalue weighted by Crippen LogP contribution is 2.29. The van der Waals surface area contributed by atoms with E-state index in [2.05, 4.69) is 5.32 Å². The van der Waals surface area contributed by atoms with Crippen LogP contribution in [-0.4, -0.2) is 0 Å². The first-order valence-corrected chi connectivity index (χ1v) is 6.50. The monoisotopic (exact) mass is 279 g/mol. The topological polar surface area (TPSA) is 12.0 Å². The van der Waals surface area contributed by atoms with Gasteiger partial charge in [-0.3, -0.25) is 0 Å². The number of aryl methyl sites for hydroxylation is 1. The molecule has 2 aromatic rings. The molecule has 20 heavy (non-hydrogen) atoms. The normalized spacial score (nSPS) is 12.2. The first kappa shape index (κ1) is 14.4. The Morgan fingerprint density at radius 2 is 1.70 bits per heavy atom. The van der Waals surface area contributed by atoms with E-state index in [0.29, 0.717) is 17.5 Å². The van der Waals surface area contributed by atoms with Crippen LogP contribution >= 0.6 is 0 Å². The maximum absolute atomic E-state index is 14.0. The van der Waals surface area contributed by atoms with Crippen molar-refractivity contribution in [1.82, 2.24) is 0 Å². The van der Waals surface area contributed by atoms with Crippen LogP contribution in [0.4, 0.5) is 18.9 Å². The van der Waals surface area contributed by atoms with Gasteiger partial charge in [-0.15, -0.1) is 0 Å². The Hall–Kier alpha value is -1.97. The summed E-state index contributed by atoms with van der Waals surface area (Å²) in [5, 5.41) is 2.77. The number of rotatable bonds is 4. The second-order valence-corrected chi connectivity index (χ2v) is 4.68. The third-order valence-electron chi connectivity index (χ3n) is 3.29. The summed E-state index contributed by atoms with van der Waals surface area (Å²) in [5.41, 5.74) is 0.535. The van der Waals surface area contributed by atoms with Gasteiger partial charge in [-0.25, -0.2) is 13.2 Å². The van der Waals surface area contributed by atoms with Crippen LogP contribution in [0, 0.1) is 24.4 Å². The predicted molar refractivity (Wildman–Crippen MR) is 74.1 cm³/mol. The average molecular weight is 279 g/mol. The Morgan fingerprint density at radius 1 is 1.00 bits per heavy atom. The molecule has 0 amide bonds. The molecule has 2 rings (SSSR count). The minimum atomic E-state index is -0.678. The number of halogens is 3. The van der Waals surface area contributed by atoms with E-state index in [1.54, 1.807) is 25.1 Å². The molecule has 0 saturated heterocycles. The van der Waals surface area contributed by atoms with E-state index in [-0.39, 0.29) is 11.5 Å². The van der Waals surface area contributed by atoms with Crippen LogP contribution in [0.25, 0.3) is 0 Å². The van der Waals surface area contributed by atoms with Gasteiger partial charge in [0.1, 0.15) is 17.3 Å². The van der Waals surface area contributed by atoms with Crippen LogP contribution in [0.15, 0.2) is 36.4 Å². The van der Waals surface area contributed by atoms with Gasteiger partial charge in [-0.2, -0.15) is 0 Å². The van der Waals surface area contributed by atoms with E-state index < -0.39 is 17.7 Å². The zero-order valence-electron chi connectivity index (χ0n) is 11.4. The first-order chi connectivity index (χ1) is 9.54. The molecule has 1 unspecified atom stereocenters. The van der Waals surface area contributed by atoms with E-state index in [1.807, 2.05) is 6.92 Å². The largest absolute Gasteiger partial charge is 0.373 e. The third kappa shape index (κ3) is 2.79. The quantitative estimate of drug-likeness (QED) is 0.832. The van der Waals surface area contributed by atoms with Crippen molar-refractivity contribution in [2.45, 2.75) is 26.3 Å². The highest BCUT2D eigenvalue weighted by Gasteiger charge is 2.18. The summed E-state index contributed by atoms with van der Waals surface area (Å²) >= 11 is 0. The van der Waals surface area contributed by atoms with Crippen molar-refractivity contribution in [2.75, 3.05) is 5.32 Å².